The van der Waals surface area contributed by atoms with E-state index in [4.69, 9.17) is 11.2 Å². The first-order chi connectivity index (χ1) is 23.0. The number of alkyl halides is 4. The summed E-state index contributed by atoms with van der Waals surface area (Å²) in [6.07, 6.45) is 3.10. The second-order valence-electron chi connectivity index (χ2n) is 13.7. The maximum absolute atomic E-state index is 16.9. The number of piperidine rings is 1. The molecule has 4 aliphatic rings. The van der Waals surface area contributed by atoms with Gasteiger partial charge in [0.1, 0.15) is 35.7 Å². The molecule has 4 atom stereocenters. The van der Waals surface area contributed by atoms with Gasteiger partial charge in [-0.3, -0.25) is 4.90 Å². The molecule has 0 radical (unpaired) electrons. The normalized spacial score (nSPS) is 27.1. The molecule has 0 amide bonds. The van der Waals surface area contributed by atoms with Crippen molar-refractivity contribution in [3.63, 3.8) is 0 Å². The van der Waals surface area contributed by atoms with E-state index in [9.17, 15) is 27.1 Å². The highest BCUT2D eigenvalue weighted by atomic mass is 19.4. The lowest BCUT2D eigenvalue weighted by Crippen LogP contribution is -2.47. The first-order valence-corrected chi connectivity index (χ1v) is 16.2. The summed E-state index contributed by atoms with van der Waals surface area (Å²) in [5.74, 6) is -1.78. The van der Waals surface area contributed by atoms with Crippen LogP contribution in [0.1, 0.15) is 37.7 Å². The lowest BCUT2D eigenvalue weighted by molar-refractivity contribution is -0.196. The molecule has 0 spiro atoms. The van der Waals surface area contributed by atoms with Gasteiger partial charge in [0.05, 0.1) is 17.0 Å². The molecule has 1 N–H and O–H groups in total. The molecule has 2 bridgehead atoms. The van der Waals surface area contributed by atoms with E-state index in [2.05, 4.69) is 20.8 Å². The highest BCUT2D eigenvalue weighted by Crippen LogP contribution is 2.51. The number of rotatable bonds is 5. The zero-order valence-corrected chi connectivity index (χ0v) is 25.8. The van der Waals surface area contributed by atoms with Crippen LogP contribution >= 0.6 is 0 Å². The molecule has 3 saturated heterocycles. The van der Waals surface area contributed by atoms with Crippen molar-refractivity contribution in [2.75, 3.05) is 37.7 Å². The molecule has 3 aromatic carbocycles. The summed E-state index contributed by atoms with van der Waals surface area (Å²) in [5, 5.41) is 11.4. The topological polar surface area (TPSA) is 61.7 Å². The molecule has 1 aliphatic carbocycles. The number of aromatic nitrogens is 2. The number of phenols is 1. The average molecular weight is 667 g/mol. The smallest absolute Gasteiger partial charge is 0.392 e. The van der Waals surface area contributed by atoms with Crippen molar-refractivity contribution in [2.24, 2.45) is 17.8 Å². The third-order valence-corrected chi connectivity index (χ3v) is 11.0. The van der Waals surface area contributed by atoms with Gasteiger partial charge in [-0.15, -0.1) is 6.42 Å². The van der Waals surface area contributed by atoms with Crippen LogP contribution in [0.25, 0.3) is 32.8 Å². The lowest BCUT2D eigenvalue weighted by atomic mass is 9.84. The molecule has 3 aliphatic heterocycles. The molecule has 4 fully saturated rings. The van der Waals surface area contributed by atoms with Gasteiger partial charge in [0.25, 0.3) is 0 Å². The van der Waals surface area contributed by atoms with Crippen molar-refractivity contribution in [3.05, 3.63) is 53.6 Å². The minimum atomic E-state index is -4.32. The molecular formula is C36H32F6N4O2. The van der Waals surface area contributed by atoms with Crippen LogP contribution in [0.3, 0.4) is 0 Å². The van der Waals surface area contributed by atoms with E-state index in [1.807, 2.05) is 0 Å². The zero-order chi connectivity index (χ0) is 33.5. The molecule has 8 rings (SSSR count). The highest BCUT2D eigenvalue weighted by Gasteiger charge is 2.55. The van der Waals surface area contributed by atoms with E-state index < -0.39 is 47.3 Å². The van der Waals surface area contributed by atoms with E-state index >= 15 is 4.39 Å². The van der Waals surface area contributed by atoms with Crippen LogP contribution < -0.4 is 9.64 Å². The van der Waals surface area contributed by atoms with Gasteiger partial charge in [0, 0.05) is 42.4 Å². The Morgan fingerprint density at radius 1 is 1.02 bits per heavy atom. The highest BCUT2D eigenvalue weighted by molar-refractivity contribution is 6.04. The monoisotopic (exact) mass is 666 g/mol. The molecule has 4 aromatic rings. The first kappa shape index (κ1) is 31.1. The number of benzene rings is 3. The predicted molar refractivity (Wildman–Crippen MR) is 169 cm³/mol. The van der Waals surface area contributed by atoms with Gasteiger partial charge >= 0.3 is 12.2 Å². The second kappa shape index (κ2) is 11.2. The molecular weight excluding hydrogens is 634 g/mol. The molecule has 12 heteroatoms. The van der Waals surface area contributed by atoms with Gasteiger partial charge in [-0.25, -0.2) is 13.2 Å². The number of hydrogen-bond donors (Lipinski definition) is 1. The number of ether oxygens (including phenoxy) is 1. The Morgan fingerprint density at radius 3 is 2.52 bits per heavy atom. The van der Waals surface area contributed by atoms with Crippen LogP contribution in [0.4, 0.5) is 32.2 Å². The Balaban J connectivity index is 1.26. The first-order valence-electron chi connectivity index (χ1n) is 16.2. The largest absolute Gasteiger partial charge is 0.508 e. The Kier molecular flexibility index (Phi) is 7.22. The van der Waals surface area contributed by atoms with Crippen LogP contribution in [0.2, 0.25) is 0 Å². The lowest BCUT2D eigenvalue weighted by Gasteiger charge is -2.39. The second-order valence-corrected chi connectivity index (χ2v) is 13.7. The van der Waals surface area contributed by atoms with Gasteiger partial charge in [-0.1, -0.05) is 18.1 Å². The predicted octanol–water partition coefficient (Wildman–Crippen LogP) is 7.40. The van der Waals surface area contributed by atoms with Crippen molar-refractivity contribution in [1.82, 2.24) is 14.9 Å². The van der Waals surface area contributed by atoms with Crippen LogP contribution in [0, 0.1) is 41.7 Å². The number of terminal acetylenes is 1. The zero-order valence-electron chi connectivity index (χ0n) is 25.8. The maximum Gasteiger partial charge on any atom is 0.392 e. The fourth-order valence-electron chi connectivity index (χ4n) is 9.00. The number of hydrogen-bond acceptors (Lipinski definition) is 6. The van der Waals surface area contributed by atoms with Gasteiger partial charge in [-0.2, -0.15) is 23.1 Å². The van der Waals surface area contributed by atoms with Gasteiger partial charge in [0.2, 0.25) is 0 Å². The Morgan fingerprint density at radius 2 is 1.79 bits per heavy atom. The third-order valence-electron chi connectivity index (χ3n) is 11.0. The van der Waals surface area contributed by atoms with Crippen molar-refractivity contribution in [3.8, 4) is 35.2 Å². The number of anilines is 1. The van der Waals surface area contributed by atoms with Crippen molar-refractivity contribution in [1.29, 1.82) is 0 Å². The molecule has 2 unspecified atom stereocenters. The van der Waals surface area contributed by atoms with Crippen LogP contribution in [-0.2, 0) is 0 Å². The maximum atomic E-state index is 16.9. The molecule has 4 heterocycles. The third kappa shape index (κ3) is 4.92. The fourth-order valence-corrected chi connectivity index (χ4v) is 9.00. The summed E-state index contributed by atoms with van der Waals surface area (Å²) < 4.78 is 94.3. The summed E-state index contributed by atoms with van der Waals surface area (Å²) >= 11 is 0. The van der Waals surface area contributed by atoms with E-state index in [-0.39, 0.29) is 70.3 Å². The van der Waals surface area contributed by atoms with E-state index in [1.54, 1.807) is 11.0 Å². The standard InChI is InChI=1S/C36H32F6N4O2/c1-2-24-28(38)9-6-19-12-23(47)13-27(29(19)24)25-7-8-26-32(31(25)39)43-34(48-18-35-10-3-11-46(35)17-22(37)14-35)44-33(26)45-15-20-4-5-21(16-45)30(20)36(40,41)42/h1,6-9,12-13,20-22,30,47H,3-5,10-11,14-18H2/t20?,21?,22-,30?,35+/m1/s1. The molecule has 250 valence electrons. The summed E-state index contributed by atoms with van der Waals surface area (Å²) in [6, 6.07) is 8.19. The van der Waals surface area contributed by atoms with Gasteiger partial charge < -0.3 is 14.7 Å². The van der Waals surface area contributed by atoms with Crippen molar-refractivity contribution >= 4 is 27.5 Å². The van der Waals surface area contributed by atoms with E-state index in [0.717, 1.165) is 19.4 Å². The SMILES string of the molecule is C#Cc1c(F)ccc2cc(O)cc(-c3ccc4c(N5CC6CCC(C5)C6C(F)(F)F)nc(OC[C@@]56CCCN5C[C@H](F)C6)nc4c3F)c12. The number of halogens is 6. The average Bonchev–Trinajstić information content (AvgIpc) is 3.67. The summed E-state index contributed by atoms with van der Waals surface area (Å²) in [6.45, 7) is 1.28. The van der Waals surface area contributed by atoms with Gasteiger partial charge in [-0.05, 0) is 79.3 Å². The Hall–Kier alpha value is -4.24. The Bertz CT molecular complexity index is 1980. The molecule has 1 aromatic heterocycles. The van der Waals surface area contributed by atoms with Crippen molar-refractivity contribution in [2.45, 2.75) is 50.0 Å². The minimum absolute atomic E-state index is 0.0198. The number of nitrogens with zero attached hydrogens (tertiary/aromatic N) is 4. The van der Waals surface area contributed by atoms with Gasteiger partial charge in [0.15, 0.2) is 5.82 Å². The number of phenolic OH excluding ortho intramolecular Hbond substituents is 1. The van der Waals surface area contributed by atoms with Crippen molar-refractivity contribution < 1.29 is 36.2 Å². The molecule has 1 saturated carbocycles. The quantitative estimate of drug-likeness (QED) is 0.177. The van der Waals surface area contributed by atoms with E-state index in [0.29, 0.717) is 31.2 Å². The van der Waals surface area contributed by atoms with Crippen LogP contribution in [0.15, 0.2) is 36.4 Å². The van der Waals surface area contributed by atoms with E-state index in [1.165, 1.54) is 30.3 Å². The summed E-state index contributed by atoms with van der Waals surface area (Å²) in [4.78, 5) is 13.0. The molecule has 48 heavy (non-hydrogen) atoms. The minimum Gasteiger partial charge on any atom is -0.508 e. The van der Waals surface area contributed by atoms with Crippen LogP contribution in [0.5, 0.6) is 11.8 Å². The summed E-state index contributed by atoms with van der Waals surface area (Å²) in [7, 11) is 0. The number of aromatic hydroxyl groups is 1. The Labute approximate surface area is 272 Å². The summed E-state index contributed by atoms with van der Waals surface area (Å²) in [5.41, 5.74) is -0.667. The van der Waals surface area contributed by atoms with Crippen LogP contribution in [-0.4, -0.2) is 70.6 Å². The fraction of sp³-hybridized carbons (Fsp3) is 0.444. The number of fused-ring (bicyclic) bond motifs is 5. The molecule has 6 nitrogen and oxygen atoms in total.